The minimum Gasteiger partial charge on any atom is -0.481 e. The summed E-state index contributed by atoms with van der Waals surface area (Å²) in [4.78, 5) is 7.93. The second-order valence-electron chi connectivity index (χ2n) is 3.94. The van der Waals surface area contributed by atoms with Gasteiger partial charge in [-0.2, -0.15) is 0 Å². The Balaban J connectivity index is 2.20. The molecule has 0 radical (unpaired) electrons. The van der Waals surface area contributed by atoms with Crippen molar-refractivity contribution in [2.45, 2.75) is 12.5 Å². The average molecular weight is 327 g/mol. The SMILES string of the molecule is COc1cc(CC(O)c2cc(F)ccc2Br)ncn1. The van der Waals surface area contributed by atoms with E-state index in [1.165, 1.54) is 25.6 Å². The van der Waals surface area contributed by atoms with Gasteiger partial charge in [-0.15, -0.1) is 0 Å². The highest BCUT2D eigenvalue weighted by atomic mass is 79.9. The molecule has 0 aliphatic carbocycles. The molecule has 1 atom stereocenters. The van der Waals surface area contributed by atoms with Crippen molar-refractivity contribution < 1.29 is 14.2 Å². The van der Waals surface area contributed by atoms with E-state index in [1.807, 2.05) is 0 Å². The predicted octanol–water partition coefficient (Wildman–Crippen LogP) is 2.66. The molecule has 100 valence electrons. The van der Waals surface area contributed by atoms with Crippen LogP contribution in [0.2, 0.25) is 0 Å². The van der Waals surface area contributed by atoms with Crippen LogP contribution in [0, 0.1) is 5.82 Å². The molecule has 1 unspecified atom stereocenters. The van der Waals surface area contributed by atoms with Crippen LogP contribution in [0.3, 0.4) is 0 Å². The Labute approximate surface area is 118 Å². The number of aliphatic hydroxyl groups excluding tert-OH is 1. The molecule has 0 amide bonds. The molecule has 6 heteroatoms. The van der Waals surface area contributed by atoms with Crippen LogP contribution in [0.25, 0.3) is 0 Å². The molecule has 2 rings (SSSR count). The monoisotopic (exact) mass is 326 g/mol. The maximum absolute atomic E-state index is 13.2. The Hall–Kier alpha value is -1.53. The second kappa shape index (κ2) is 6.08. The van der Waals surface area contributed by atoms with E-state index in [1.54, 1.807) is 12.1 Å². The Morgan fingerprint density at radius 1 is 1.37 bits per heavy atom. The number of benzene rings is 1. The maximum Gasteiger partial charge on any atom is 0.216 e. The largest absolute Gasteiger partial charge is 0.481 e. The smallest absolute Gasteiger partial charge is 0.216 e. The normalized spacial score (nSPS) is 12.2. The van der Waals surface area contributed by atoms with E-state index < -0.39 is 11.9 Å². The third-order valence-electron chi connectivity index (χ3n) is 2.63. The molecule has 1 aromatic heterocycles. The lowest BCUT2D eigenvalue weighted by Crippen LogP contribution is -2.05. The first-order valence-electron chi connectivity index (χ1n) is 5.58. The molecule has 2 aromatic rings. The maximum atomic E-state index is 13.2. The zero-order valence-corrected chi connectivity index (χ0v) is 11.8. The van der Waals surface area contributed by atoms with Gasteiger partial charge in [0.05, 0.1) is 18.9 Å². The van der Waals surface area contributed by atoms with E-state index >= 15 is 0 Å². The van der Waals surface area contributed by atoms with Gasteiger partial charge in [0.1, 0.15) is 12.1 Å². The molecule has 0 bridgehead atoms. The van der Waals surface area contributed by atoms with Crippen molar-refractivity contribution in [2.24, 2.45) is 0 Å². The summed E-state index contributed by atoms with van der Waals surface area (Å²) in [5.41, 5.74) is 1.10. The lowest BCUT2D eigenvalue weighted by atomic mass is 10.0. The van der Waals surface area contributed by atoms with Gasteiger partial charge in [-0.25, -0.2) is 14.4 Å². The van der Waals surface area contributed by atoms with Crippen LogP contribution >= 0.6 is 15.9 Å². The number of aliphatic hydroxyl groups is 1. The molecule has 0 aliphatic rings. The predicted molar refractivity (Wildman–Crippen MR) is 71.3 cm³/mol. The molecular formula is C13H12BrFN2O2. The van der Waals surface area contributed by atoms with E-state index in [0.717, 1.165) is 0 Å². The molecule has 0 aliphatic heterocycles. The zero-order valence-electron chi connectivity index (χ0n) is 10.2. The standard InChI is InChI=1S/C13H12BrFN2O2/c1-19-13-6-9(16-7-17-13)5-12(18)10-4-8(15)2-3-11(10)14/h2-4,6-7,12,18H,5H2,1H3. The van der Waals surface area contributed by atoms with Gasteiger partial charge in [-0.3, -0.25) is 0 Å². The summed E-state index contributed by atoms with van der Waals surface area (Å²) in [6, 6.07) is 5.83. The highest BCUT2D eigenvalue weighted by Crippen LogP contribution is 2.26. The summed E-state index contributed by atoms with van der Waals surface area (Å²) >= 11 is 3.29. The van der Waals surface area contributed by atoms with Crippen molar-refractivity contribution in [3.05, 3.63) is 52.1 Å². The molecule has 1 heterocycles. The topological polar surface area (TPSA) is 55.2 Å². The van der Waals surface area contributed by atoms with Crippen molar-refractivity contribution >= 4 is 15.9 Å². The fraction of sp³-hybridized carbons (Fsp3) is 0.231. The average Bonchev–Trinajstić information content (AvgIpc) is 2.41. The Bertz CT molecular complexity index is 580. The summed E-state index contributed by atoms with van der Waals surface area (Å²) < 4.78 is 18.8. The molecule has 0 spiro atoms. The fourth-order valence-electron chi connectivity index (χ4n) is 1.68. The van der Waals surface area contributed by atoms with Crippen LogP contribution in [-0.4, -0.2) is 22.2 Å². The lowest BCUT2D eigenvalue weighted by molar-refractivity contribution is 0.176. The van der Waals surface area contributed by atoms with Gasteiger partial charge in [-0.05, 0) is 23.8 Å². The number of hydrogen-bond acceptors (Lipinski definition) is 4. The molecule has 0 saturated heterocycles. The van der Waals surface area contributed by atoms with E-state index in [-0.39, 0.29) is 6.42 Å². The van der Waals surface area contributed by atoms with E-state index in [9.17, 15) is 9.50 Å². The molecule has 1 aromatic carbocycles. The third kappa shape index (κ3) is 3.48. The third-order valence-corrected chi connectivity index (χ3v) is 3.35. The highest BCUT2D eigenvalue weighted by molar-refractivity contribution is 9.10. The fourth-order valence-corrected chi connectivity index (χ4v) is 2.19. The Morgan fingerprint density at radius 3 is 2.89 bits per heavy atom. The number of methoxy groups -OCH3 is 1. The summed E-state index contributed by atoms with van der Waals surface area (Å²) in [5.74, 6) is 0.0352. The number of nitrogens with zero attached hydrogens (tertiary/aromatic N) is 2. The van der Waals surface area contributed by atoms with Crippen LogP contribution in [0.5, 0.6) is 5.88 Å². The molecule has 0 fully saturated rings. The number of halogens is 2. The molecule has 1 N–H and O–H groups in total. The van der Waals surface area contributed by atoms with Crippen molar-refractivity contribution in [2.75, 3.05) is 7.11 Å². The van der Waals surface area contributed by atoms with Gasteiger partial charge < -0.3 is 9.84 Å². The van der Waals surface area contributed by atoms with E-state index in [0.29, 0.717) is 21.6 Å². The molecule has 19 heavy (non-hydrogen) atoms. The van der Waals surface area contributed by atoms with Crippen molar-refractivity contribution in [1.29, 1.82) is 0 Å². The zero-order chi connectivity index (χ0) is 13.8. The van der Waals surface area contributed by atoms with Gasteiger partial charge in [-0.1, -0.05) is 15.9 Å². The van der Waals surface area contributed by atoms with Gasteiger partial charge >= 0.3 is 0 Å². The molecular weight excluding hydrogens is 315 g/mol. The number of rotatable bonds is 4. The van der Waals surface area contributed by atoms with Crippen molar-refractivity contribution in [3.63, 3.8) is 0 Å². The summed E-state index contributed by atoms with van der Waals surface area (Å²) in [5, 5.41) is 10.1. The van der Waals surface area contributed by atoms with Gasteiger partial charge in [0.25, 0.3) is 0 Å². The van der Waals surface area contributed by atoms with Gasteiger partial charge in [0, 0.05) is 17.0 Å². The van der Waals surface area contributed by atoms with Crippen LogP contribution in [0.4, 0.5) is 4.39 Å². The van der Waals surface area contributed by atoms with Crippen LogP contribution in [-0.2, 0) is 6.42 Å². The Morgan fingerprint density at radius 2 is 2.16 bits per heavy atom. The minimum atomic E-state index is -0.857. The molecule has 4 nitrogen and oxygen atoms in total. The molecule has 0 saturated carbocycles. The van der Waals surface area contributed by atoms with E-state index in [4.69, 9.17) is 4.74 Å². The first-order valence-corrected chi connectivity index (χ1v) is 6.37. The second-order valence-corrected chi connectivity index (χ2v) is 4.79. The first kappa shape index (κ1) is 13.9. The highest BCUT2D eigenvalue weighted by Gasteiger charge is 2.14. The van der Waals surface area contributed by atoms with Crippen molar-refractivity contribution in [3.8, 4) is 5.88 Å². The summed E-state index contributed by atoms with van der Waals surface area (Å²) in [6.45, 7) is 0. The van der Waals surface area contributed by atoms with Crippen LogP contribution < -0.4 is 4.74 Å². The van der Waals surface area contributed by atoms with Crippen LogP contribution in [0.1, 0.15) is 17.4 Å². The first-order chi connectivity index (χ1) is 9.10. The number of aromatic nitrogens is 2. The van der Waals surface area contributed by atoms with E-state index in [2.05, 4.69) is 25.9 Å². The lowest BCUT2D eigenvalue weighted by Gasteiger charge is -2.12. The summed E-state index contributed by atoms with van der Waals surface area (Å²) in [6.07, 6.45) is 0.757. The number of ether oxygens (including phenoxy) is 1. The van der Waals surface area contributed by atoms with Gasteiger partial charge in [0.2, 0.25) is 5.88 Å². The number of hydrogen-bond donors (Lipinski definition) is 1. The Kier molecular flexibility index (Phi) is 4.44. The van der Waals surface area contributed by atoms with Crippen LogP contribution in [0.15, 0.2) is 35.1 Å². The van der Waals surface area contributed by atoms with Crippen molar-refractivity contribution in [1.82, 2.24) is 9.97 Å². The quantitative estimate of drug-likeness (QED) is 0.938. The summed E-state index contributed by atoms with van der Waals surface area (Å²) in [7, 11) is 1.51. The van der Waals surface area contributed by atoms with Gasteiger partial charge in [0.15, 0.2) is 0 Å². The minimum absolute atomic E-state index is 0.251.